The zero-order chi connectivity index (χ0) is 15.2. The molecule has 0 saturated heterocycles. The molecule has 0 unspecified atom stereocenters. The lowest BCUT2D eigenvalue weighted by atomic mass is 10.2. The second-order valence-electron chi connectivity index (χ2n) is 4.58. The molecule has 0 aliphatic rings. The van der Waals surface area contributed by atoms with Crippen molar-refractivity contribution in [3.63, 3.8) is 0 Å². The number of benzene rings is 1. The second kappa shape index (κ2) is 7.26. The molecular weight excluding hydrogens is 282 g/mol. The van der Waals surface area contributed by atoms with E-state index in [1.165, 1.54) is 5.56 Å². The van der Waals surface area contributed by atoms with Crippen LogP contribution < -0.4 is 10.2 Å². The Morgan fingerprint density at radius 2 is 1.71 bits per heavy atom. The van der Waals surface area contributed by atoms with Crippen LogP contribution in [0.25, 0.3) is 0 Å². The molecule has 2 aromatic rings. The summed E-state index contributed by atoms with van der Waals surface area (Å²) in [6, 6.07) is 8.35. The molecule has 0 fully saturated rings. The fraction of sp³-hybridized carbons (Fsp3) is 0.400. The quantitative estimate of drug-likeness (QED) is 0.884. The Hall–Kier alpha value is -1.82. The molecule has 0 radical (unpaired) electrons. The van der Waals surface area contributed by atoms with Crippen molar-refractivity contribution in [2.75, 3.05) is 30.4 Å². The van der Waals surface area contributed by atoms with Gasteiger partial charge in [-0.15, -0.1) is 0 Å². The van der Waals surface area contributed by atoms with Crippen molar-refractivity contribution in [3.05, 3.63) is 29.8 Å². The van der Waals surface area contributed by atoms with E-state index >= 15 is 0 Å². The first-order valence-corrected chi connectivity index (χ1v) is 7.91. The molecule has 112 valence electrons. The summed E-state index contributed by atoms with van der Waals surface area (Å²) < 4.78 is 0. The number of nitrogens with zero attached hydrogens (tertiary/aromatic N) is 4. The van der Waals surface area contributed by atoms with E-state index in [9.17, 15) is 0 Å². The van der Waals surface area contributed by atoms with Gasteiger partial charge in [0.25, 0.3) is 0 Å². The molecule has 0 saturated carbocycles. The summed E-state index contributed by atoms with van der Waals surface area (Å²) in [5, 5.41) is 3.71. The summed E-state index contributed by atoms with van der Waals surface area (Å²) in [6.45, 7) is 8.02. The third-order valence-electron chi connectivity index (χ3n) is 3.10. The topological polar surface area (TPSA) is 53.9 Å². The van der Waals surface area contributed by atoms with Crippen LogP contribution in [0.5, 0.6) is 0 Å². The standard InChI is InChI=1S/C15H21N5S/c1-5-20(6-2)14-17-13(16-4)18-15(19-14)21-12-9-7-11(3)8-10-12/h7-10H,5-6H2,1-4H3,(H,16,17,18,19). The van der Waals surface area contributed by atoms with Gasteiger partial charge in [-0.05, 0) is 44.7 Å². The Morgan fingerprint density at radius 1 is 1.05 bits per heavy atom. The fourth-order valence-electron chi connectivity index (χ4n) is 1.86. The predicted octanol–water partition coefficient (Wildman–Crippen LogP) is 3.22. The monoisotopic (exact) mass is 303 g/mol. The van der Waals surface area contributed by atoms with Crippen LogP contribution in [0.2, 0.25) is 0 Å². The van der Waals surface area contributed by atoms with Crippen molar-refractivity contribution in [1.29, 1.82) is 0 Å². The summed E-state index contributed by atoms with van der Waals surface area (Å²) in [6.07, 6.45) is 0. The summed E-state index contributed by atoms with van der Waals surface area (Å²) in [5.74, 6) is 1.32. The highest BCUT2D eigenvalue weighted by Gasteiger charge is 2.11. The lowest BCUT2D eigenvalue weighted by Gasteiger charge is -2.19. The number of nitrogens with one attached hydrogen (secondary N) is 1. The second-order valence-corrected chi connectivity index (χ2v) is 5.62. The van der Waals surface area contributed by atoms with Crippen molar-refractivity contribution in [2.24, 2.45) is 0 Å². The van der Waals surface area contributed by atoms with Gasteiger partial charge in [-0.25, -0.2) is 0 Å². The van der Waals surface area contributed by atoms with Crippen LogP contribution in [0.4, 0.5) is 11.9 Å². The van der Waals surface area contributed by atoms with Crippen molar-refractivity contribution in [2.45, 2.75) is 30.8 Å². The van der Waals surface area contributed by atoms with Crippen molar-refractivity contribution in [3.8, 4) is 0 Å². The van der Waals surface area contributed by atoms with Gasteiger partial charge >= 0.3 is 0 Å². The minimum absolute atomic E-state index is 0.599. The number of anilines is 2. The first kappa shape index (κ1) is 15.6. The summed E-state index contributed by atoms with van der Waals surface area (Å²) in [4.78, 5) is 16.7. The van der Waals surface area contributed by atoms with Crippen LogP contribution in [0.3, 0.4) is 0 Å². The molecular formula is C15H21N5S. The minimum Gasteiger partial charge on any atom is -0.357 e. The van der Waals surface area contributed by atoms with Gasteiger partial charge in [0, 0.05) is 25.0 Å². The van der Waals surface area contributed by atoms with Crippen molar-refractivity contribution in [1.82, 2.24) is 15.0 Å². The highest BCUT2D eigenvalue weighted by molar-refractivity contribution is 7.99. The predicted molar refractivity (Wildman–Crippen MR) is 88.2 cm³/mol. The van der Waals surface area contributed by atoms with Gasteiger partial charge in [0.15, 0.2) is 5.16 Å². The van der Waals surface area contributed by atoms with Crippen LogP contribution >= 0.6 is 11.8 Å². The molecule has 2 rings (SSSR count). The third-order valence-corrected chi connectivity index (χ3v) is 3.98. The molecule has 0 aliphatic carbocycles. The highest BCUT2D eigenvalue weighted by Crippen LogP contribution is 2.26. The Balaban J connectivity index is 2.29. The Kier molecular flexibility index (Phi) is 5.38. The zero-order valence-electron chi connectivity index (χ0n) is 12.9. The highest BCUT2D eigenvalue weighted by atomic mass is 32.2. The molecule has 1 aromatic carbocycles. The molecule has 0 spiro atoms. The van der Waals surface area contributed by atoms with E-state index < -0.39 is 0 Å². The maximum atomic E-state index is 4.57. The van der Waals surface area contributed by atoms with E-state index in [0.717, 1.165) is 18.0 Å². The minimum atomic E-state index is 0.599. The smallest absolute Gasteiger partial charge is 0.231 e. The number of rotatable bonds is 6. The number of aromatic nitrogens is 3. The Labute approximate surface area is 130 Å². The van der Waals surface area contributed by atoms with Gasteiger partial charge in [0.2, 0.25) is 11.9 Å². The van der Waals surface area contributed by atoms with Crippen LogP contribution in [-0.4, -0.2) is 35.1 Å². The Morgan fingerprint density at radius 3 is 2.29 bits per heavy atom. The van der Waals surface area contributed by atoms with Gasteiger partial charge in [0.1, 0.15) is 0 Å². The molecule has 21 heavy (non-hydrogen) atoms. The molecule has 1 aromatic heterocycles. The van der Waals surface area contributed by atoms with Crippen LogP contribution in [0, 0.1) is 6.92 Å². The van der Waals surface area contributed by atoms with Gasteiger partial charge in [-0.2, -0.15) is 15.0 Å². The van der Waals surface area contributed by atoms with E-state index in [1.807, 2.05) is 7.05 Å². The molecule has 1 heterocycles. The lowest BCUT2D eigenvalue weighted by molar-refractivity contribution is 0.784. The van der Waals surface area contributed by atoms with Crippen LogP contribution in [0.1, 0.15) is 19.4 Å². The average molecular weight is 303 g/mol. The molecule has 6 heteroatoms. The number of hydrogen-bond donors (Lipinski definition) is 1. The SMILES string of the molecule is CCN(CC)c1nc(NC)nc(Sc2ccc(C)cc2)n1. The summed E-state index contributed by atoms with van der Waals surface area (Å²) >= 11 is 1.55. The van der Waals surface area contributed by atoms with Crippen molar-refractivity contribution >= 4 is 23.7 Å². The molecule has 0 atom stereocenters. The van der Waals surface area contributed by atoms with Gasteiger partial charge in [0.05, 0.1) is 0 Å². The third kappa shape index (κ3) is 4.07. The summed E-state index contributed by atoms with van der Waals surface area (Å²) in [5.41, 5.74) is 1.25. The number of aryl methyl sites for hydroxylation is 1. The van der Waals surface area contributed by atoms with Crippen molar-refractivity contribution < 1.29 is 0 Å². The first-order valence-electron chi connectivity index (χ1n) is 7.09. The van der Waals surface area contributed by atoms with E-state index in [2.05, 4.69) is 70.2 Å². The van der Waals surface area contributed by atoms with Crippen LogP contribution in [-0.2, 0) is 0 Å². The molecule has 0 aliphatic heterocycles. The lowest BCUT2D eigenvalue weighted by Crippen LogP contribution is -2.25. The Bertz CT molecular complexity index is 581. The fourth-order valence-corrected chi connectivity index (χ4v) is 2.61. The number of hydrogen-bond acceptors (Lipinski definition) is 6. The molecule has 1 N–H and O–H groups in total. The largest absolute Gasteiger partial charge is 0.357 e. The average Bonchev–Trinajstić information content (AvgIpc) is 2.50. The zero-order valence-corrected chi connectivity index (χ0v) is 13.7. The van der Waals surface area contributed by atoms with Gasteiger partial charge < -0.3 is 10.2 Å². The van der Waals surface area contributed by atoms with Gasteiger partial charge in [-0.3, -0.25) is 0 Å². The molecule has 5 nitrogen and oxygen atoms in total. The van der Waals surface area contributed by atoms with E-state index in [-0.39, 0.29) is 0 Å². The maximum absolute atomic E-state index is 4.57. The van der Waals surface area contributed by atoms with Crippen LogP contribution in [0.15, 0.2) is 34.3 Å². The first-order chi connectivity index (χ1) is 10.2. The molecule has 0 bridgehead atoms. The van der Waals surface area contributed by atoms with Gasteiger partial charge in [-0.1, -0.05) is 17.7 Å². The normalized spacial score (nSPS) is 10.5. The maximum Gasteiger partial charge on any atom is 0.231 e. The molecule has 0 amide bonds. The van der Waals surface area contributed by atoms with E-state index in [1.54, 1.807) is 11.8 Å². The summed E-state index contributed by atoms with van der Waals surface area (Å²) in [7, 11) is 1.82. The van der Waals surface area contributed by atoms with E-state index in [4.69, 9.17) is 0 Å². The van der Waals surface area contributed by atoms with E-state index in [0.29, 0.717) is 17.1 Å².